The monoisotopic (exact) mass is 417 g/mol. The molecule has 3 aliphatic rings. The topological polar surface area (TPSA) is 68.9 Å². The minimum atomic E-state index is -0.879. The number of halogens is 2. The van der Waals surface area contributed by atoms with Gasteiger partial charge in [0.15, 0.2) is 17.4 Å². The van der Waals surface area contributed by atoms with Gasteiger partial charge in [0.05, 0.1) is 5.25 Å². The first-order valence-electron chi connectivity index (χ1n) is 9.26. The average molecular weight is 417 g/mol. The summed E-state index contributed by atoms with van der Waals surface area (Å²) in [5.41, 5.74) is 7.64. The van der Waals surface area contributed by atoms with Gasteiger partial charge in [0.25, 0.3) is 0 Å². The third-order valence-electron chi connectivity index (χ3n) is 4.89. The van der Waals surface area contributed by atoms with Gasteiger partial charge in [-0.15, -0.1) is 11.8 Å². The van der Waals surface area contributed by atoms with Crippen molar-refractivity contribution in [3.8, 4) is 0 Å². The number of nitrogens with zero attached hydrogens (tertiary/aromatic N) is 1. The molecule has 0 aromatic heterocycles. The number of hydrogen-bond acceptors (Lipinski definition) is 5. The van der Waals surface area contributed by atoms with Gasteiger partial charge < -0.3 is 20.5 Å². The first-order valence-corrected chi connectivity index (χ1v) is 10.1. The Hall–Kier alpha value is -2.58. The van der Waals surface area contributed by atoms with Gasteiger partial charge in [-0.1, -0.05) is 24.8 Å². The van der Waals surface area contributed by atoms with Crippen LogP contribution in [0.5, 0.6) is 0 Å². The van der Waals surface area contributed by atoms with Crippen molar-refractivity contribution in [1.29, 1.82) is 0 Å². The molecule has 1 aliphatic carbocycles. The Bertz CT molecular complexity index is 955. The number of nitrogens with two attached hydrogens (primary N) is 1. The Balaban J connectivity index is 1.46. The van der Waals surface area contributed by atoms with Gasteiger partial charge in [-0.25, -0.2) is 13.8 Å². The highest BCUT2D eigenvalue weighted by molar-refractivity contribution is 8.09. The lowest BCUT2D eigenvalue weighted by atomic mass is 10.0. The average Bonchev–Trinajstić information content (AvgIpc) is 3.33. The Morgan fingerprint density at radius 3 is 3.03 bits per heavy atom. The standard InChI is InChI=1S/C21H21F2N3O2S/c1-2-25-21(26-10-12-6-7-16-17(8-12)28-11-27-16)20-15(24)9-18(29-20)13-4-3-5-14(22)19(13)23/h2-5,8-9,15,20H,1,6-7,10-11,24H2,(H,25,26). The highest BCUT2D eigenvalue weighted by atomic mass is 32.2. The highest BCUT2D eigenvalue weighted by Crippen LogP contribution is 2.40. The van der Waals surface area contributed by atoms with Crippen LogP contribution in [0.1, 0.15) is 18.4 Å². The van der Waals surface area contributed by atoms with Gasteiger partial charge in [-0.05, 0) is 24.1 Å². The van der Waals surface area contributed by atoms with E-state index in [1.807, 2.05) is 6.08 Å². The van der Waals surface area contributed by atoms with Gasteiger partial charge in [0.1, 0.15) is 11.6 Å². The van der Waals surface area contributed by atoms with Gasteiger partial charge in [-0.2, -0.15) is 0 Å². The molecule has 2 aliphatic heterocycles. The maximum absolute atomic E-state index is 14.2. The van der Waals surface area contributed by atoms with E-state index >= 15 is 0 Å². The molecule has 152 valence electrons. The molecule has 4 rings (SSSR count). The molecule has 3 N–H and O–H groups in total. The van der Waals surface area contributed by atoms with Crippen molar-refractivity contribution in [2.45, 2.75) is 24.1 Å². The van der Waals surface area contributed by atoms with Crippen LogP contribution in [0.25, 0.3) is 4.91 Å². The van der Waals surface area contributed by atoms with Crippen LogP contribution in [0.4, 0.5) is 8.78 Å². The molecule has 1 aromatic rings. The summed E-state index contributed by atoms with van der Waals surface area (Å²) in [4.78, 5) is 4.95. The van der Waals surface area contributed by atoms with Gasteiger partial charge in [0, 0.05) is 35.7 Å². The van der Waals surface area contributed by atoms with Gasteiger partial charge in [0.2, 0.25) is 6.79 Å². The summed E-state index contributed by atoms with van der Waals surface area (Å²) in [5, 5.41) is 3.08. The van der Waals surface area contributed by atoms with E-state index in [1.165, 1.54) is 24.0 Å². The molecule has 0 bridgehead atoms. The van der Waals surface area contributed by atoms with E-state index in [-0.39, 0.29) is 17.6 Å². The molecule has 0 radical (unpaired) electrons. The van der Waals surface area contributed by atoms with Crippen molar-refractivity contribution in [1.82, 2.24) is 5.32 Å². The Kier molecular flexibility index (Phi) is 5.73. The van der Waals surface area contributed by atoms with Crippen LogP contribution < -0.4 is 11.1 Å². The second-order valence-corrected chi connectivity index (χ2v) is 7.98. The molecule has 2 heterocycles. The van der Waals surface area contributed by atoms with E-state index in [0.29, 0.717) is 17.3 Å². The Morgan fingerprint density at radius 2 is 2.21 bits per heavy atom. The van der Waals surface area contributed by atoms with Crippen LogP contribution in [0.15, 0.2) is 65.2 Å². The van der Waals surface area contributed by atoms with Crippen molar-refractivity contribution in [3.63, 3.8) is 0 Å². The molecule has 29 heavy (non-hydrogen) atoms. The number of aliphatic imine (C=N–C) groups is 1. The molecule has 8 heteroatoms. The van der Waals surface area contributed by atoms with E-state index < -0.39 is 17.7 Å². The van der Waals surface area contributed by atoms with E-state index in [1.54, 1.807) is 12.1 Å². The number of allylic oxidation sites excluding steroid dienone is 2. The fourth-order valence-electron chi connectivity index (χ4n) is 3.43. The smallest absolute Gasteiger partial charge is 0.230 e. The Labute approximate surface area is 172 Å². The molecule has 0 saturated carbocycles. The number of benzene rings is 1. The van der Waals surface area contributed by atoms with Crippen LogP contribution in [0, 0.1) is 11.6 Å². The normalized spacial score (nSPS) is 23.8. The third-order valence-corrected chi connectivity index (χ3v) is 6.29. The predicted octanol–water partition coefficient (Wildman–Crippen LogP) is 3.82. The molecule has 2 atom stereocenters. The second kappa shape index (κ2) is 8.42. The lowest BCUT2D eigenvalue weighted by Crippen LogP contribution is -2.42. The number of nitrogens with one attached hydrogen (secondary N) is 1. The number of ether oxygens (including phenoxy) is 2. The fourth-order valence-corrected chi connectivity index (χ4v) is 4.71. The first-order chi connectivity index (χ1) is 14.1. The molecule has 0 saturated heterocycles. The molecule has 5 nitrogen and oxygen atoms in total. The summed E-state index contributed by atoms with van der Waals surface area (Å²) in [7, 11) is 0. The van der Waals surface area contributed by atoms with E-state index in [9.17, 15) is 8.78 Å². The molecule has 0 amide bonds. The summed E-state index contributed by atoms with van der Waals surface area (Å²) in [5.74, 6) is 0.574. The van der Waals surface area contributed by atoms with Crippen LogP contribution in [0.2, 0.25) is 0 Å². The predicted molar refractivity (Wildman–Crippen MR) is 111 cm³/mol. The van der Waals surface area contributed by atoms with Crippen molar-refractivity contribution >= 4 is 22.5 Å². The van der Waals surface area contributed by atoms with Crippen LogP contribution in [0.3, 0.4) is 0 Å². The first kappa shape index (κ1) is 19.7. The van der Waals surface area contributed by atoms with Crippen molar-refractivity contribution < 1.29 is 18.3 Å². The quantitative estimate of drug-likeness (QED) is 0.563. The molecule has 0 spiro atoms. The highest BCUT2D eigenvalue weighted by Gasteiger charge is 2.32. The number of amidine groups is 1. The second-order valence-electron chi connectivity index (χ2n) is 6.80. The maximum Gasteiger partial charge on any atom is 0.230 e. The van der Waals surface area contributed by atoms with Crippen LogP contribution >= 0.6 is 11.8 Å². The van der Waals surface area contributed by atoms with Crippen molar-refractivity contribution in [2.75, 3.05) is 13.3 Å². The SMILES string of the molecule is C=C/N=C(/NCC1=CC2=C(CC1)OCO2)C1SC(c2cccc(F)c2F)=CC1N. The van der Waals surface area contributed by atoms with Crippen molar-refractivity contribution in [3.05, 3.63) is 77.4 Å². The zero-order valence-electron chi connectivity index (χ0n) is 15.7. The number of rotatable bonds is 5. The van der Waals surface area contributed by atoms with Crippen LogP contribution in [-0.4, -0.2) is 30.5 Å². The molecular formula is C21H21F2N3O2S. The minimum absolute atomic E-state index is 0.207. The van der Waals surface area contributed by atoms with E-state index in [4.69, 9.17) is 15.2 Å². The fraction of sp³-hybridized carbons (Fsp3) is 0.286. The van der Waals surface area contributed by atoms with E-state index in [0.717, 1.165) is 36.0 Å². The summed E-state index contributed by atoms with van der Waals surface area (Å²) in [6.07, 6.45) is 6.84. The number of hydrogen-bond donors (Lipinski definition) is 2. The third kappa shape index (κ3) is 4.09. The van der Waals surface area contributed by atoms with Crippen LogP contribution in [-0.2, 0) is 9.47 Å². The lowest BCUT2D eigenvalue weighted by Gasteiger charge is -2.21. The zero-order chi connectivity index (χ0) is 20.4. The molecule has 2 unspecified atom stereocenters. The molecular weight excluding hydrogens is 396 g/mol. The van der Waals surface area contributed by atoms with Crippen molar-refractivity contribution in [2.24, 2.45) is 10.7 Å². The summed E-state index contributed by atoms with van der Waals surface area (Å²) in [6.45, 7) is 4.51. The summed E-state index contributed by atoms with van der Waals surface area (Å²) < 4.78 is 38.7. The molecule has 0 fully saturated rings. The summed E-state index contributed by atoms with van der Waals surface area (Å²) in [6, 6.07) is 3.73. The van der Waals surface area contributed by atoms with Gasteiger partial charge in [-0.3, -0.25) is 0 Å². The summed E-state index contributed by atoms with van der Waals surface area (Å²) >= 11 is 1.36. The largest absolute Gasteiger partial charge is 0.458 e. The lowest BCUT2D eigenvalue weighted by molar-refractivity contribution is 0.0729. The van der Waals surface area contributed by atoms with E-state index in [2.05, 4.69) is 16.9 Å². The zero-order valence-corrected chi connectivity index (χ0v) is 16.5. The van der Waals surface area contributed by atoms with Gasteiger partial charge >= 0.3 is 0 Å². The Morgan fingerprint density at radius 1 is 1.34 bits per heavy atom. The molecule has 1 aromatic carbocycles. The minimum Gasteiger partial charge on any atom is -0.458 e. The number of thioether (sulfide) groups is 1. The maximum atomic E-state index is 14.2.